The largest absolute Gasteiger partial charge is 0.338 e. The van der Waals surface area contributed by atoms with Gasteiger partial charge in [-0.2, -0.15) is 0 Å². The van der Waals surface area contributed by atoms with Crippen LogP contribution in [0, 0.1) is 6.92 Å². The summed E-state index contributed by atoms with van der Waals surface area (Å²) < 4.78 is 0. The number of benzene rings is 1. The van der Waals surface area contributed by atoms with Gasteiger partial charge in [0, 0.05) is 21.6 Å². The fraction of sp³-hybridized carbons (Fsp3) is 0.450. The Hall–Kier alpha value is -1.10. The van der Waals surface area contributed by atoms with Crippen molar-refractivity contribution in [1.29, 1.82) is 0 Å². The maximum atomic E-state index is 6.27. The van der Waals surface area contributed by atoms with Crippen LogP contribution in [0.2, 0.25) is 5.02 Å². The van der Waals surface area contributed by atoms with E-state index in [9.17, 15) is 0 Å². The Morgan fingerprint density at radius 2 is 2.00 bits per heavy atom. The molecule has 134 valence electrons. The number of thiophene rings is 1. The monoisotopic (exact) mass is 392 g/mol. The van der Waals surface area contributed by atoms with Crippen molar-refractivity contribution in [3.05, 3.63) is 51.2 Å². The molecule has 1 saturated carbocycles. The number of halogens is 1. The molecule has 1 aliphatic carbocycles. The molecular weight excluding hydrogens is 368 g/mol. The third-order valence-electron chi connectivity index (χ3n) is 5.08. The minimum atomic E-state index is 0.280. The van der Waals surface area contributed by atoms with E-state index in [1.807, 2.05) is 25.1 Å². The van der Waals surface area contributed by atoms with Gasteiger partial charge in [0.15, 0.2) is 5.11 Å². The molecule has 1 atom stereocenters. The van der Waals surface area contributed by atoms with Crippen molar-refractivity contribution >= 4 is 46.0 Å². The van der Waals surface area contributed by atoms with Crippen LogP contribution in [0.25, 0.3) is 0 Å². The number of thiocarbonyl (C=S) groups is 1. The zero-order chi connectivity index (χ0) is 17.8. The van der Waals surface area contributed by atoms with E-state index in [4.69, 9.17) is 23.8 Å². The normalized spacial score (nSPS) is 16.4. The first-order valence-corrected chi connectivity index (χ1v) is 10.6. The Labute approximate surface area is 165 Å². The van der Waals surface area contributed by atoms with E-state index in [2.05, 4.69) is 34.7 Å². The second-order valence-electron chi connectivity index (χ2n) is 6.73. The summed E-state index contributed by atoms with van der Waals surface area (Å²) in [5, 5.41) is 7.18. The quantitative estimate of drug-likeness (QED) is 0.575. The summed E-state index contributed by atoms with van der Waals surface area (Å²) in [5.74, 6) is 0. The van der Waals surface area contributed by atoms with Crippen LogP contribution in [-0.4, -0.2) is 16.1 Å². The van der Waals surface area contributed by atoms with Crippen molar-refractivity contribution in [3.63, 3.8) is 0 Å². The first-order valence-electron chi connectivity index (χ1n) is 8.95. The summed E-state index contributed by atoms with van der Waals surface area (Å²) in [6.45, 7) is 4.29. The summed E-state index contributed by atoms with van der Waals surface area (Å²) in [6.07, 6.45) is 6.34. The van der Waals surface area contributed by atoms with Gasteiger partial charge < -0.3 is 10.2 Å². The predicted octanol–water partition coefficient (Wildman–Crippen LogP) is 6.80. The fourth-order valence-corrected chi connectivity index (χ4v) is 4.98. The van der Waals surface area contributed by atoms with E-state index >= 15 is 0 Å². The average Bonchev–Trinajstić information content (AvgIpc) is 3.15. The summed E-state index contributed by atoms with van der Waals surface area (Å²) >= 11 is 13.9. The highest BCUT2D eigenvalue weighted by Crippen LogP contribution is 2.33. The van der Waals surface area contributed by atoms with Gasteiger partial charge in [0.1, 0.15) is 0 Å². The average molecular weight is 393 g/mol. The lowest BCUT2D eigenvalue weighted by molar-refractivity contribution is 0.205. The standard InChI is InChI=1S/C20H25ClN2S2/c1-14-17(21)10-6-11-18(14)22-20(24)23(16-8-4-3-5-9-16)15(2)19-12-7-13-25-19/h6-7,10-13,15-16H,3-5,8-9H2,1-2H3,(H,22,24)/t15-/m0/s1. The summed E-state index contributed by atoms with van der Waals surface area (Å²) in [4.78, 5) is 3.78. The number of rotatable bonds is 4. The molecule has 0 amide bonds. The van der Waals surface area contributed by atoms with E-state index in [0.29, 0.717) is 6.04 Å². The first-order chi connectivity index (χ1) is 12.1. The third-order valence-corrected chi connectivity index (χ3v) is 6.85. The van der Waals surface area contributed by atoms with Crippen molar-refractivity contribution in [2.75, 3.05) is 5.32 Å². The van der Waals surface area contributed by atoms with Crippen LogP contribution in [-0.2, 0) is 0 Å². The molecule has 1 aromatic heterocycles. The maximum absolute atomic E-state index is 6.27. The summed E-state index contributed by atoms with van der Waals surface area (Å²) in [7, 11) is 0. The van der Waals surface area contributed by atoms with Crippen molar-refractivity contribution in [1.82, 2.24) is 4.90 Å². The highest BCUT2D eigenvalue weighted by molar-refractivity contribution is 7.80. The molecule has 1 N–H and O–H groups in total. The van der Waals surface area contributed by atoms with Gasteiger partial charge in [-0.05, 0) is 68.0 Å². The molecule has 5 heteroatoms. The zero-order valence-corrected chi connectivity index (χ0v) is 17.2. The fourth-order valence-electron chi connectivity index (χ4n) is 3.61. The van der Waals surface area contributed by atoms with Crippen molar-refractivity contribution in [3.8, 4) is 0 Å². The molecule has 1 aliphatic rings. The van der Waals surface area contributed by atoms with Gasteiger partial charge in [-0.25, -0.2) is 0 Å². The van der Waals surface area contributed by atoms with Gasteiger partial charge in [-0.1, -0.05) is 43.0 Å². The number of anilines is 1. The SMILES string of the molecule is Cc1c(Cl)cccc1NC(=S)N(C1CCCCC1)[C@@H](C)c1cccs1. The molecule has 0 spiro atoms. The Morgan fingerprint density at radius 3 is 2.68 bits per heavy atom. The zero-order valence-electron chi connectivity index (χ0n) is 14.8. The second-order valence-corrected chi connectivity index (χ2v) is 8.51. The molecule has 1 heterocycles. The number of nitrogens with one attached hydrogen (secondary N) is 1. The van der Waals surface area contributed by atoms with E-state index in [1.54, 1.807) is 11.3 Å². The Bertz CT molecular complexity index is 708. The van der Waals surface area contributed by atoms with Crippen LogP contribution >= 0.6 is 35.2 Å². The van der Waals surface area contributed by atoms with Gasteiger partial charge in [0.2, 0.25) is 0 Å². The van der Waals surface area contributed by atoms with Crippen molar-refractivity contribution < 1.29 is 0 Å². The van der Waals surface area contributed by atoms with E-state index in [-0.39, 0.29) is 6.04 Å². The highest BCUT2D eigenvalue weighted by Gasteiger charge is 2.29. The molecule has 1 fully saturated rings. The topological polar surface area (TPSA) is 15.3 Å². The molecule has 0 radical (unpaired) electrons. The lowest BCUT2D eigenvalue weighted by Crippen LogP contribution is -2.45. The number of nitrogens with zero attached hydrogens (tertiary/aromatic N) is 1. The van der Waals surface area contributed by atoms with Gasteiger partial charge >= 0.3 is 0 Å². The van der Waals surface area contributed by atoms with Crippen LogP contribution in [0.5, 0.6) is 0 Å². The molecule has 0 unspecified atom stereocenters. The van der Waals surface area contributed by atoms with Crippen LogP contribution in [0.15, 0.2) is 35.7 Å². The van der Waals surface area contributed by atoms with Gasteiger partial charge in [0.05, 0.1) is 6.04 Å². The molecule has 3 rings (SSSR count). The van der Waals surface area contributed by atoms with E-state index in [0.717, 1.165) is 21.4 Å². The van der Waals surface area contributed by atoms with Crippen molar-refractivity contribution in [2.24, 2.45) is 0 Å². The van der Waals surface area contributed by atoms with Gasteiger partial charge in [-0.3, -0.25) is 0 Å². The van der Waals surface area contributed by atoms with Crippen LogP contribution in [0.4, 0.5) is 5.69 Å². The Morgan fingerprint density at radius 1 is 1.24 bits per heavy atom. The van der Waals surface area contributed by atoms with E-state index in [1.165, 1.54) is 37.0 Å². The Kier molecular flexibility index (Phi) is 6.37. The lowest BCUT2D eigenvalue weighted by atomic mass is 9.93. The summed E-state index contributed by atoms with van der Waals surface area (Å²) in [5.41, 5.74) is 2.04. The summed E-state index contributed by atoms with van der Waals surface area (Å²) in [6, 6.07) is 11.0. The minimum absolute atomic E-state index is 0.280. The lowest BCUT2D eigenvalue weighted by Gasteiger charge is -2.40. The molecule has 1 aromatic carbocycles. The van der Waals surface area contributed by atoms with Crippen LogP contribution in [0.1, 0.15) is 55.5 Å². The maximum Gasteiger partial charge on any atom is 0.174 e. The molecule has 2 aromatic rings. The number of hydrogen-bond donors (Lipinski definition) is 1. The van der Waals surface area contributed by atoms with Crippen LogP contribution < -0.4 is 5.32 Å². The number of hydrogen-bond acceptors (Lipinski definition) is 2. The second kappa shape index (κ2) is 8.52. The molecular formula is C20H25ClN2S2. The first kappa shape index (κ1) is 18.7. The van der Waals surface area contributed by atoms with E-state index < -0.39 is 0 Å². The highest BCUT2D eigenvalue weighted by atomic mass is 35.5. The molecule has 0 saturated heterocycles. The van der Waals surface area contributed by atoms with Gasteiger partial charge in [0.25, 0.3) is 0 Å². The molecule has 0 aliphatic heterocycles. The third kappa shape index (κ3) is 4.36. The van der Waals surface area contributed by atoms with Crippen molar-refractivity contribution in [2.45, 2.75) is 58.0 Å². The predicted molar refractivity (Wildman–Crippen MR) is 114 cm³/mol. The molecule has 2 nitrogen and oxygen atoms in total. The molecule has 0 bridgehead atoms. The van der Waals surface area contributed by atoms with Gasteiger partial charge in [-0.15, -0.1) is 11.3 Å². The minimum Gasteiger partial charge on any atom is -0.338 e. The van der Waals surface area contributed by atoms with Crippen LogP contribution in [0.3, 0.4) is 0 Å². The smallest absolute Gasteiger partial charge is 0.174 e. The Balaban J connectivity index is 1.85. The molecule has 25 heavy (non-hydrogen) atoms.